The van der Waals surface area contributed by atoms with Gasteiger partial charge in [-0.15, -0.1) is 11.8 Å². The smallest absolute Gasteiger partial charge is 0.0739 e. The Morgan fingerprint density at radius 1 is 1.40 bits per heavy atom. The van der Waals surface area contributed by atoms with Crippen LogP contribution in [0.15, 0.2) is 33.6 Å². The number of benzene rings is 1. The number of nitrogens with zero attached hydrogens (tertiary/aromatic N) is 2. The summed E-state index contributed by atoms with van der Waals surface area (Å²) >= 11 is 5.50. The van der Waals surface area contributed by atoms with Gasteiger partial charge in [0.05, 0.1) is 15.9 Å². The summed E-state index contributed by atoms with van der Waals surface area (Å²) in [5, 5.41) is 7.72. The average molecular weight is 354 g/mol. The fourth-order valence-corrected chi connectivity index (χ4v) is 3.72. The molecule has 3 nitrogen and oxygen atoms in total. The molecule has 0 saturated heterocycles. The lowest BCUT2D eigenvalue weighted by Crippen LogP contribution is -2.04. The fraction of sp³-hybridized carbons (Fsp3) is 0.400. The molecule has 0 saturated carbocycles. The highest BCUT2D eigenvalue weighted by Gasteiger charge is 2.12. The van der Waals surface area contributed by atoms with E-state index in [1.807, 2.05) is 25.7 Å². The molecule has 0 unspecified atom stereocenters. The lowest BCUT2D eigenvalue weighted by atomic mass is 10.2. The van der Waals surface area contributed by atoms with Gasteiger partial charge in [0.2, 0.25) is 0 Å². The molecule has 1 aromatic carbocycles. The van der Waals surface area contributed by atoms with Crippen LogP contribution >= 0.6 is 27.7 Å². The van der Waals surface area contributed by atoms with Gasteiger partial charge in [0.25, 0.3) is 0 Å². The van der Waals surface area contributed by atoms with Crippen molar-refractivity contribution in [1.29, 1.82) is 0 Å². The molecular weight excluding hydrogens is 334 g/mol. The molecule has 20 heavy (non-hydrogen) atoms. The van der Waals surface area contributed by atoms with Gasteiger partial charge >= 0.3 is 0 Å². The second-order valence-corrected chi connectivity index (χ2v) is 6.47. The zero-order chi connectivity index (χ0) is 14.5. The molecule has 5 heteroatoms. The Bertz CT molecular complexity index is 580. The summed E-state index contributed by atoms with van der Waals surface area (Å²) < 4.78 is 3.21. The van der Waals surface area contributed by atoms with E-state index in [1.165, 1.54) is 16.2 Å². The molecule has 0 spiro atoms. The first-order valence-corrected chi connectivity index (χ1v) is 8.51. The van der Waals surface area contributed by atoms with Crippen LogP contribution in [0.3, 0.4) is 0 Å². The number of aryl methyl sites for hydroxylation is 2. The van der Waals surface area contributed by atoms with Crippen LogP contribution in [0.5, 0.6) is 0 Å². The van der Waals surface area contributed by atoms with E-state index in [0.29, 0.717) is 0 Å². The molecule has 1 aromatic heterocycles. The van der Waals surface area contributed by atoms with Gasteiger partial charge in [0.1, 0.15) is 0 Å². The van der Waals surface area contributed by atoms with Crippen LogP contribution in [-0.2, 0) is 18.8 Å². The van der Waals surface area contributed by atoms with Crippen LogP contribution in [0.25, 0.3) is 0 Å². The van der Waals surface area contributed by atoms with E-state index in [1.54, 1.807) is 0 Å². The van der Waals surface area contributed by atoms with Gasteiger partial charge in [0.15, 0.2) is 0 Å². The average Bonchev–Trinajstić information content (AvgIpc) is 2.73. The number of rotatable bonds is 6. The van der Waals surface area contributed by atoms with E-state index in [2.05, 4.69) is 62.2 Å². The second kappa shape index (κ2) is 7.29. The van der Waals surface area contributed by atoms with Crippen molar-refractivity contribution >= 4 is 27.7 Å². The van der Waals surface area contributed by atoms with Crippen LogP contribution in [0.4, 0.5) is 0 Å². The highest BCUT2D eigenvalue weighted by Crippen LogP contribution is 2.29. The molecule has 0 radical (unpaired) electrons. The number of nitrogens with one attached hydrogen (secondary N) is 1. The van der Waals surface area contributed by atoms with Crippen LogP contribution in [-0.4, -0.2) is 16.8 Å². The standard InChI is InChI=1S/C15H20BrN3S/c1-4-19-14(15(16)11(2)18-19)10-20-13-7-5-6-12(8-13)9-17-3/h5-8,17H,4,9-10H2,1-3H3. The zero-order valence-electron chi connectivity index (χ0n) is 12.1. The van der Waals surface area contributed by atoms with Gasteiger partial charge in [0, 0.05) is 23.7 Å². The van der Waals surface area contributed by atoms with Gasteiger partial charge in [-0.05, 0) is 54.5 Å². The second-order valence-electron chi connectivity index (χ2n) is 4.63. The lowest BCUT2D eigenvalue weighted by molar-refractivity contribution is 0.631. The van der Waals surface area contributed by atoms with Crippen molar-refractivity contribution in [3.63, 3.8) is 0 Å². The number of thioether (sulfide) groups is 1. The Balaban J connectivity index is 2.10. The van der Waals surface area contributed by atoms with Crippen molar-refractivity contribution in [1.82, 2.24) is 15.1 Å². The minimum absolute atomic E-state index is 0.905. The summed E-state index contributed by atoms with van der Waals surface area (Å²) in [5.74, 6) is 0.929. The molecule has 1 N–H and O–H groups in total. The van der Waals surface area contributed by atoms with Crippen LogP contribution in [0.1, 0.15) is 23.9 Å². The largest absolute Gasteiger partial charge is 0.316 e. The minimum atomic E-state index is 0.905. The predicted octanol–water partition coefficient (Wildman–Crippen LogP) is 3.99. The van der Waals surface area contributed by atoms with Gasteiger partial charge in [-0.2, -0.15) is 5.10 Å². The van der Waals surface area contributed by atoms with Gasteiger partial charge in [-0.3, -0.25) is 4.68 Å². The molecule has 2 aromatic rings. The van der Waals surface area contributed by atoms with Gasteiger partial charge in [-0.1, -0.05) is 12.1 Å². The maximum atomic E-state index is 4.53. The highest BCUT2D eigenvalue weighted by molar-refractivity contribution is 9.10. The van der Waals surface area contributed by atoms with Crippen molar-refractivity contribution < 1.29 is 0 Å². The van der Waals surface area contributed by atoms with Crippen molar-refractivity contribution in [2.24, 2.45) is 0 Å². The molecule has 0 aliphatic heterocycles. The quantitative estimate of drug-likeness (QED) is 0.796. The Morgan fingerprint density at radius 2 is 2.20 bits per heavy atom. The Labute approximate surface area is 133 Å². The lowest BCUT2D eigenvalue weighted by Gasteiger charge is -2.07. The molecule has 1 heterocycles. The molecule has 0 bridgehead atoms. The molecule has 0 amide bonds. The molecule has 0 fully saturated rings. The van der Waals surface area contributed by atoms with Crippen LogP contribution < -0.4 is 5.32 Å². The van der Waals surface area contributed by atoms with E-state index in [4.69, 9.17) is 0 Å². The topological polar surface area (TPSA) is 29.9 Å². The number of hydrogen-bond acceptors (Lipinski definition) is 3. The van der Waals surface area contributed by atoms with Crippen molar-refractivity contribution in [3.05, 3.63) is 45.7 Å². The summed E-state index contributed by atoms with van der Waals surface area (Å²) in [6.45, 7) is 5.98. The Hall–Kier alpha value is -0.780. The monoisotopic (exact) mass is 353 g/mol. The third-order valence-corrected chi connectivity index (χ3v) is 5.14. The molecule has 0 aliphatic rings. The van der Waals surface area contributed by atoms with E-state index >= 15 is 0 Å². The molecule has 0 aliphatic carbocycles. The molecule has 108 valence electrons. The van der Waals surface area contributed by atoms with Gasteiger partial charge in [-0.25, -0.2) is 0 Å². The first-order valence-electron chi connectivity index (χ1n) is 6.73. The Morgan fingerprint density at radius 3 is 2.90 bits per heavy atom. The third-order valence-electron chi connectivity index (χ3n) is 3.11. The predicted molar refractivity (Wildman–Crippen MR) is 89.1 cm³/mol. The summed E-state index contributed by atoms with van der Waals surface area (Å²) in [4.78, 5) is 1.30. The summed E-state index contributed by atoms with van der Waals surface area (Å²) in [6, 6.07) is 8.68. The summed E-state index contributed by atoms with van der Waals surface area (Å²) in [5.41, 5.74) is 3.64. The fourth-order valence-electron chi connectivity index (χ4n) is 2.11. The minimum Gasteiger partial charge on any atom is -0.316 e. The van der Waals surface area contributed by atoms with Crippen LogP contribution in [0.2, 0.25) is 0 Å². The maximum absolute atomic E-state index is 4.53. The summed E-state index contributed by atoms with van der Waals surface area (Å²) in [6.07, 6.45) is 0. The third kappa shape index (κ3) is 3.65. The molecule has 0 atom stereocenters. The van der Waals surface area contributed by atoms with Crippen molar-refractivity contribution in [3.8, 4) is 0 Å². The molecule has 2 rings (SSSR count). The number of aromatic nitrogens is 2. The van der Waals surface area contributed by atoms with Crippen molar-refractivity contribution in [2.45, 2.75) is 37.6 Å². The Kier molecular flexibility index (Phi) is 5.69. The van der Waals surface area contributed by atoms with Gasteiger partial charge < -0.3 is 5.32 Å². The first kappa shape index (κ1) is 15.6. The molecular formula is C15H20BrN3S. The SMILES string of the molecule is CCn1nc(C)c(Br)c1CSc1cccc(CNC)c1. The first-order chi connectivity index (χ1) is 9.65. The maximum Gasteiger partial charge on any atom is 0.0739 e. The zero-order valence-corrected chi connectivity index (χ0v) is 14.5. The number of halogens is 1. The van der Waals surface area contributed by atoms with Crippen LogP contribution in [0, 0.1) is 6.92 Å². The number of hydrogen-bond donors (Lipinski definition) is 1. The normalized spacial score (nSPS) is 11.0. The summed E-state index contributed by atoms with van der Waals surface area (Å²) in [7, 11) is 1.97. The van der Waals surface area contributed by atoms with E-state index in [0.717, 1.165) is 29.0 Å². The van der Waals surface area contributed by atoms with E-state index in [-0.39, 0.29) is 0 Å². The van der Waals surface area contributed by atoms with Crippen molar-refractivity contribution in [2.75, 3.05) is 7.05 Å². The van der Waals surface area contributed by atoms with E-state index < -0.39 is 0 Å². The van der Waals surface area contributed by atoms with E-state index in [9.17, 15) is 0 Å². The highest BCUT2D eigenvalue weighted by atomic mass is 79.9.